The zero-order valence-electron chi connectivity index (χ0n) is 16.0. The molecule has 0 bridgehead atoms. The summed E-state index contributed by atoms with van der Waals surface area (Å²) in [5.74, 6) is -0.410. The van der Waals surface area contributed by atoms with Crippen molar-refractivity contribution in [1.82, 2.24) is 4.31 Å². The lowest BCUT2D eigenvalue weighted by atomic mass is 9.96. The average molecular weight is 418 g/mol. The van der Waals surface area contributed by atoms with E-state index in [4.69, 9.17) is 0 Å². The molecule has 0 saturated carbocycles. The van der Waals surface area contributed by atoms with Crippen molar-refractivity contribution < 1.29 is 13.2 Å². The number of aryl methyl sites for hydroxylation is 1. The molecule has 1 aromatic carbocycles. The fourth-order valence-corrected chi connectivity index (χ4v) is 6.20. The first-order valence-corrected chi connectivity index (χ1v) is 11.6. The Morgan fingerprint density at radius 3 is 2.64 bits per heavy atom. The highest BCUT2D eigenvalue weighted by atomic mass is 32.2. The van der Waals surface area contributed by atoms with E-state index in [0.717, 1.165) is 36.1 Å². The van der Waals surface area contributed by atoms with Crippen LogP contribution in [0.5, 0.6) is 0 Å². The maximum atomic E-state index is 12.8. The van der Waals surface area contributed by atoms with Crippen LogP contribution in [0.4, 0.5) is 5.00 Å². The maximum Gasteiger partial charge on any atom is 0.256 e. The predicted octanol–water partition coefficient (Wildman–Crippen LogP) is 3.78. The van der Waals surface area contributed by atoms with Gasteiger partial charge in [-0.15, -0.1) is 11.3 Å². The number of carbonyl (C=O) groups is 1. The van der Waals surface area contributed by atoms with Gasteiger partial charge in [-0.05, 0) is 49.4 Å². The van der Waals surface area contributed by atoms with Crippen LogP contribution >= 0.6 is 11.3 Å². The van der Waals surface area contributed by atoms with Gasteiger partial charge in [-0.3, -0.25) is 4.79 Å². The summed E-state index contributed by atoms with van der Waals surface area (Å²) < 4.78 is 26.8. The molecular weight excluding hydrogens is 394 g/mol. The standard InChI is InChI=1S/C20H23N3O3S2/c1-3-23(4-2)28(25,26)15-9-7-8-14(12-15)19(24)22-20-17(13-21)16-10-5-6-11-18(16)27-20/h7-9,12H,3-6,10-11H2,1-2H3,(H,22,24). The third kappa shape index (κ3) is 3.83. The molecule has 1 N–H and O–H groups in total. The van der Waals surface area contributed by atoms with Crippen LogP contribution in [0.25, 0.3) is 0 Å². The molecule has 0 radical (unpaired) electrons. The number of sulfonamides is 1. The summed E-state index contributed by atoms with van der Waals surface area (Å²) in [6.07, 6.45) is 3.94. The molecule has 8 heteroatoms. The molecule has 1 aliphatic rings. The van der Waals surface area contributed by atoms with Gasteiger partial charge in [-0.1, -0.05) is 19.9 Å². The molecule has 0 saturated heterocycles. The van der Waals surface area contributed by atoms with Gasteiger partial charge in [0.05, 0.1) is 10.5 Å². The molecule has 1 aromatic heterocycles. The van der Waals surface area contributed by atoms with Crippen LogP contribution in [0.15, 0.2) is 29.2 Å². The van der Waals surface area contributed by atoms with Crippen molar-refractivity contribution in [1.29, 1.82) is 5.26 Å². The summed E-state index contributed by atoms with van der Waals surface area (Å²) in [7, 11) is -3.64. The van der Waals surface area contributed by atoms with Crippen LogP contribution in [-0.2, 0) is 22.9 Å². The monoisotopic (exact) mass is 417 g/mol. The summed E-state index contributed by atoms with van der Waals surface area (Å²) in [6.45, 7) is 4.28. The lowest BCUT2D eigenvalue weighted by Crippen LogP contribution is -2.30. The topological polar surface area (TPSA) is 90.3 Å². The molecule has 148 valence electrons. The van der Waals surface area contributed by atoms with E-state index in [9.17, 15) is 18.5 Å². The molecule has 28 heavy (non-hydrogen) atoms. The molecular formula is C20H23N3O3S2. The number of fused-ring (bicyclic) bond motifs is 1. The average Bonchev–Trinajstić information content (AvgIpc) is 3.05. The molecule has 1 heterocycles. The molecule has 1 aliphatic carbocycles. The largest absolute Gasteiger partial charge is 0.312 e. The maximum absolute atomic E-state index is 12.8. The number of hydrogen-bond acceptors (Lipinski definition) is 5. The van der Waals surface area contributed by atoms with E-state index in [1.54, 1.807) is 26.0 Å². The molecule has 6 nitrogen and oxygen atoms in total. The summed E-state index contributed by atoms with van der Waals surface area (Å²) in [4.78, 5) is 14.0. The molecule has 2 aromatic rings. The Labute approximate surface area is 169 Å². The second-order valence-electron chi connectivity index (χ2n) is 6.60. The van der Waals surface area contributed by atoms with Crippen LogP contribution in [-0.4, -0.2) is 31.7 Å². The summed E-state index contributed by atoms with van der Waals surface area (Å²) in [5.41, 5.74) is 1.84. The van der Waals surface area contributed by atoms with Gasteiger partial charge in [-0.2, -0.15) is 9.57 Å². The number of nitriles is 1. The van der Waals surface area contributed by atoms with E-state index < -0.39 is 15.9 Å². The highest BCUT2D eigenvalue weighted by Crippen LogP contribution is 2.37. The Morgan fingerprint density at radius 2 is 1.96 bits per heavy atom. The Bertz CT molecular complexity index is 1030. The van der Waals surface area contributed by atoms with Gasteiger partial charge in [0.1, 0.15) is 11.1 Å². The number of hydrogen-bond donors (Lipinski definition) is 1. The van der Waals surface area contributed by atoms with Crippen LogP contribution in [0.1, 0.15) is 53.1 Å². The molecule has 0 aliphatic heterocycles. The number of thiophene rings is 1. The Morgan fingerprint density at radius 1 is 1.25 bits per heavy atom. The van der Waals surface area contributed by atoms with E-state index in [1.807, 2.05) is 0 Å². The summed E-state index contributed by atoms with van der Waals surface area (Å²) in [5, 5.41) is 12.9. The van der Waals surface area contributed by atoms with Gasteiger partial charge in [-0.25, -0.2) is 8.42 Å². The lowest BCUT2D eigenvalue weighted by Gasteiger charge is -2.18. The first-order valence-electron chi connectivity index (χ1n) is 9.38. The minimum absolute atomic E-state index is 0.0924. The number of amides is 1. The van der Waals surface area contributed by atoms with Gasteiger partial charge in [0, 0.05) is 23.5 Å². The highest BCUT2D eigenvalue weighted by molar-refractivity contribution is 7.89. The molecule has 0 fully saturated rings. The zero-order chi connectivity index (χ0) is 20.3. The Balaban J connectivity index is 1.89. The second-order valence-corrected chi connectivity index (χ2v) is 9.64. The first kappa shape index (κ1) is 20.5. The number of carbonyl (C=O) groups excluding carboxylic acids is 1. The SMILES string of the molecule is CCN(CC)S(=O)(=O)c1cccc(C(=O)Nc2sc3c(c2C#N)CCCC3)c1. The van der Waals surface area contributed by atoms with Crippen molar-refractivity contribution in [2.75, 3.05) is 18.4 Å². The van der Waals surface area contributed by atoms with Gasteiger partial charge in [0.25, 0.3) is 5.91 Å². The van der Waals surface area contributed by atoms with E-state index in [0.29, 0.717) is 23.7 Å². The Kier molecular flexibility index (Phi) is 6.18. The summed E-state index contributed by atoms with van der Waals surface area (Å²) >= 11 is 1.45. The minimum Gasteiger partial charge on any atom is -0.312 e. The number of nitrogens with one attached hydrogen (secondary N) is 1. The minimum atomic E-state index is -3.64. The molecule has 1 amide bonds. The number of benzene rings is 1. The van der Waals surface area contributed by atoms with E-state index in [2.05, 4.69) is 11.4 Å². The number of rotatable bonds is 6. The van der Waals surface area contributed by atoms with E-state index >= 15 is 0 Å². The lowest BCUT2D eigenvalue weighted by molar-refractivity contribution is 0.102. The number of nitrogens with zero attached hydrogens (tertiary/aromatic N) is 2. The van der Waals surface area contributed by atoms with Crippen molar-refractivity contribution in [2.24, 2.45) is 0 Å². The molecule has 0 spiro atoms. The fourth-order valence-electron chi connectivity index (χ4n) is 3.46. The second kappa shape index (κ2) is 8.43. The third-order valence-electron chi connectivity index (χ3n) is 4.95. The molecule has 0 unspecified atom stereocenters. The highest BCUT2D eigenvalue weighted by Gasteiger charge is 2.24. The van der Waals surface area contributed by atoms with Crippen molar-refractivity contribution in [3.63, 3.8) is 0 Å². The number of anilines is 1. The van der Waals surface area contributed by atoms with Gasteiger partial charge in [0.2, 0.25) is 10.0 Å². The van der Waals surface area contributed by atoms with Gasteiger partial charge >= 0.3 is 0 Å². The van der Waals surface area contributed by atoms with Crippen LogP contribution in [0, 0.1) is 11.3 Å². The quantitative estimate of drug-likeness (QED) is 0.774. The van der Waals surface area contributed by atoms with E-state index in [1.165, 1.54) is 27.8 Å². The van der Waals surface area contributed by atoms with Crippen molar-refractivity contribution in [3.05, 3.63) is 45.8 Å². The van der Waals surface area contributed by atoms with Crippen LogP contribution < -0.4 is 5.32 Å². The third-order valence-corrected chi connectivity index (χ3v) is 8.20. The van der Waals surface area contributed by atoms with Crippen molar-refractivity contribution >= 4 is 32.3 Å². The van der Waals surface area contributed by atoms with Crippen LogP contribution in [0.3, 0.4) is 0 Å². The van der Waals surface area contributed by atoms with Gasteiger partial charge in [0.15, 0.2) is 0 Å². The van der Waals surface area contributed by atoms with Crippen LogP contribution in [0.2, 0.25) is 0 Å². The molecule has 0 atom stereocenters. The van der Waals surface area contributed by atoms with Crippen molar-refractivity contribution in [3.8, 4) is 6.07 Å². The predicted molar refractivity (Wildman–Crippen MR) is 110 cm³/mol. The fraction of sp³-hybridized carbons (Fsp3) is 0.400. The summed E-state index contributed by atoms with van der Waals surface area (Å²) in [6, 6.07) is 8.25. The van der Waals surface area contributed by atoms with Crippen molar-refractivity contribution in [2.45, 2.75) is 44.4 Å². The Hall–Kier alpha value is -2.21. The van der Waals surface area contributed by atoms with E-state index in [-0.39, 0.29) is 10.5 Å². The van der Waals surface area contributed by atoms with Gasteiger partial charge < -0.3 is 5.32 Å². The smallest absolute Gasteiger partial charge is 0.256 e. The normalized spacial score (nSPS) is 13.8. The zero-order valence-corrected chi connectivity index (χ0v) is 17.6. The first-order chi connectivity index (χ1) is 13.4. The molecule has 3 rings (SSSR count).